The van der Waals surface area contributed by atoms with Crippen LogP contribution in [-0.4, -0.2) is 42.8 Å². The summed E-state index contributed by atoms with van der Waals surface area (Å²) in [5.41, 5.74) is -0.461. The molecule has 3 atom stereocenters. The summed E-state index contributed by atoms with van der Waals surface area (Å²) in [6.07, 6.45) is 4.58. The molecule has 2 fully saturated rings. The predicted octanol–water partition coefficient (Wildman–Crippen LogP) is 1.55. The van der Waals surface area contributed by atoms with Gasteiger partial charge in [0.15, 0.2) is 0 Å². The summed E-state index contributed by atoms with van der Waals surface area (Å²) in [6.45, 7) is 6.95. The maximum absolute atomic E-state index is 11.7. The Labute approximate surface area is 132 Å². The molecular formula is C16H29N3O3. The molecular weight excluding hydrogens is 282 g/mol. The lowest BCUT2D eigenvalue weighted by Crippen LogP contribution is -2.51. The second-order valence-corrected chi connectivity index (χ2v) is 7.39. The van der Waals surface area contributed by atoms with Crippen LogP contribution in [0, 0.1) is 5.92 Å². The third kappa shape index (κ3) is 5.48. The zero-order valence-corrected chi connectivity index (χ0v) is 13.9. The van der Waals surface area contributed by atoms with Crippen LogP contribution in [0.1, 0.15) is 52.9 Å². The number of amides is 2. The maximum atomic E-state index is 11.7. The van der Waals surface area contributed by atoms with Crippen LogP contribution in [0.2, 0.25) is 0 Å². The van der Waals surface area contributed by atoms with Crippen molar-refractivity contribution < 1.29 is 14.3 Å². The molecule has 6 heteroatoms. The van der Waals surface area contributed by atoms with Gasteiger partial charge in [-0.05, 0) is 46.0 Å². The van der Waals surface area contributed by atoms with Gasteiger partial charge in [0, 0.05) is 31.6 Å². The van der Waals surface area contributed by atoms with Gasteiger partial charge >= 0.3 is 6.09 Å². The zero-order valence-electron chi connectivity index (χ0n) is 13.9. The zero-order chi connectivity index (χ0) is 16.2. The van der Waals surface area contributed by atoms with Gasteiger partial charge in [-0.3, -0.25) is 4.79 Å². The molecule has 3 unspecified atom stereocenters. The molecule has 1 saturated carbocycles. The normalized spacial score (nSPS) is 29.0. The summed E-state index contributed by atoms with van der Waals surface area (Å²) in [5, 5.41) is 9.44. The number of rotatable bonds is 4. The molecule has 0 radical (unpaired) electrons. The van der Waals surface area contributed by atoms with Crippen LogP contribution in [0.25, 0.3) is 0 Å². The predicted molar refractivity (Wildman–Crippen MR) is 84.5 cm³/mol. The Balaban J connectivity index is 1.73. The van der Waals surface area contributed by atoms with E-state index in [1.807, 2.05) is 20.8 Å². The Morgan fingerprint density at radius 1 is 1.32 bits per heavy atom. The lowest BCUT2D eigenvalue weighted by molar-refractivity contribution is -0.122. The molecule has 1 heterocycles. The minimum absolute atomic E-state index is 0.146. The van der Waals surface area contributed by atoms with Gasteiger partial charge in [-0.2, -0.15) is 0 Å². The van der Waals surface area contributed by atoms with Crippen LogP contribution in [0.3, 0.4) is 0 Å². The average Bonchev–Trinajstić information content (AvgIpc) is 2.84. The van der Waals surface area contributed by atoms with Crippen molar-refractivity contribution in [1.82, 2.24) is 16.0 Å². The molecule has 2 aliphatic rings. The van der Waals surface area contributed by atoms with Crippen LogP contribution >= 0.6 is 0 Å². The standard InChI is InChI=1S/C16H29N3O3/c1-16(2,3)22-15(21)18-9-11-5-4-6-13(11)19-12-7-8-14(20)17-10-12/h11-13,19H,4-10H2,1-3H3,(H,17,20)(H,18,21). The third-order valence-electron chi connectivity index (χ3n) is 4.28. The molecule has 0 bridgehead atoms. The number of carbonyl (C=O) groups is 2. The van der Waals surface area contributed by atoms with Gasteiger partial charge in [-0.1, -0.05) is 6.42 Å². The minimum atomic E-state index is -0.461. The van der Waals surface area contributed by atoms with Crippen molar-refractivity contribution in [3.8, 4) is 0 Å². The van der Waals surface area contributed by atoms with E-state index in [1.165, 1.54) is 6.42 Å². The fraction of sp³-hybridized carbons (Fsp3) is 0.875. The molecule has 0 spiro atoms. The summed E-state index contributed by atoms with van der Waals surface area (Å²) < 4.78 is 5.28. The van der Waals surface area contributed by atoms with Crippen molar-refractivity contribution in [2.45, 2.75) is 70.6 Å². The van der Waals surface area contributed by atoms with Gasteiger partial charge in [0.2, 0.25) is 5.91 Å². The average molecular weight is 311 g/mol. The van der Waals surface area contributed by atoms with Crippen LogP contribution in [-0.2, 0) is 9.53 Å². The van der Waals surface area contributed by atoms with Gasteiger partial charge in [0.1, 0.15) is 5.60 Å². The van der Waals surface area contributed by atoms with E-state index in [9.17, 15) is 9.59 Å². The Kier molecular flexibility index (Phi) is 5.67. The highest BCUT2D eigenvalue weighted by molar-refractivity contribution is 5.76. The Morgan fingerprint density at radius 2 is 2.09 bits per heavy atom. The second kappa shape index (κ2) is 7.31. The Morgan fingerprint density at radius 3 is 2.73 bits per heavy atom. The summed E-state index contributed by atoms with van der Waals surface area (Å²) in [6, 6.07) is 0.764. The largest absolute Gasteiger partial charge is 0.444 e. The van der Waals surface area contributed by atoms with E-state index in [-0.39, 0.29) is 12.0 Å². The first-order chi connectivity index (χ1) is 10.3. The van der Waals surface area contributed by atoms with Gasteiger partial charge < -0.3 is 20.7 Å². The summed E-state index contributed by atoms with van der Waals surface area (Å²) in [7, 11) is 0. The van der Waals surface area contributed by atoms with E-state index in [0.717, 1.165) is 19.3 Å². The molecule has 0 aromatic rings. The van der Waals surface area contributed by atoms with Crippen LogP contribution in [0.15, 0.2) is 0 Å². The van der Waals surface area contributed by atoms with E-state index >= 15 is 0 Å². The van der Waals surface area contributed by atoms with Crippen molar-refractivity contribution in [2.24, 2.45) is 5.92 Å². The highest BCUT2D eigenvalue weighted by Gasteiger charge is 2.30. The number of hydrogen-bond donors (Lipinski definition) is 3. The lowest BCUT2D eigenvalue weighted by Gasteiger charge is -2.30. The van der Waals surface area contributed by atoms with Crippen LogP contribution < -0.4 is 16.0 Å². The molecule has 0 aromatic heterocycles. The molecule has 6 nitrogen and oxygen atoms in total. The molecule has 1 saturated heterocycles. The first kappa shape index (κ1) is 17.1. The summed E-state index contributed by atoms with van der Waals surface area (Å²) in [4.78, 5) is 22.9. The third-order valence-corrected chi connectivity index (χ3v) is 4.28. The topological polar surface area (TPSA) is 79.5 Å². The monoisotopic (exact) mass is 311 g/mol. The van der Waals surface area contributed by atoms with Gasteiger partial charge in [0.25, 0.3) is 0 Å². The number of carbonyl (C=O) groups excluding carboxylic acids is 2. The fourth-order valence-corrected chi connectivity index (χ4v) is 3.21. The molecule has 0 aromatic carbocycles. The first-order valence-electron chi connectivity index (χ1n) is 8.33. The SMILES string of the molecule is CC(C)(C)OC(=O)NCC1CCCC1NC1CCC(=O)NC1. The van der Waals surface area contributed by atoms with Crippen molar-refractivity contribution in [2.75, 3.05) is 13.1 Å². The molecule has 22 heavy (non-hydrogen) atoms. The van der Waals surface area contributed by atoms with Crippen molar-refractivity contribution in [3.05, 3.63) is 0 Å². The summed E-state index contributed by atoms with van der Waals surface area (Å²) >= 11 is 0. The fourth-order valence-electron chi connectivity index (χ4n) is 3.21. The quantitative estimate of drug-likeness (QED) is 0.736. The minimum Gasteiger partial charge on any atom is -0.444 e. The Hall–Kier alpha value is -1.30. The number of hydrogen-bond acceptors (Lipinski definition) is 4. The second-order valence-electron chi connectivity index (χ2n) is 7.39. The molecule has 3 N–H and O–H groups in total. The van der Waals surface area contributed by atoms with Gasteiger partial charge in [-0.15, -0.1) is 0 Å². The number of ether oxygens (including phenoxy) is 1. The first-order valence-corrected chi connectivity index (χ1v) is 8.33. The lowest BCUT2D eigenvalue weighted by atomic mass is 10.00. The highest BCUT2D eigenvalue weighted by atomic mass is 16.6. The number of piperidine rings is 1. The van der Waals surface area contributed by atoms with Crippen molar-refractivity contribution >= 4 is 12.0 Å². The van der Waals surface area contributed by atoms with E-state index in [4.69, 9.17) is 4.74 Å². The molecule has 1 aliphatic carbocycles. The molecule has 1 aliphatic heterocycles. The van der Waals surface area contributed by atoms with Crippen LogP contribution in [0.5, 0.6) is 0 Å². The molecule has 126 valence electrons. The van der Waals surface area contributed by atoms with Gasteiger partial charge in [0.05, 0.1) is 0 Å². The molecule has 2 rings (SSSR count). The van der Waals surface area contributed by atoms with Gasteiger partial charge in [-0.25, -0.2) is 4.79 Å². The van der Waals surface area contributed by atoms with E-state index in [1.54, 1.807) is 0 Å². The Bertz CT molecular complexity index is 396. The van der Waals surface area contributed by atoms with E-state index in [2.05, 4.69) is 16.0 Å². The highest BCUT2D eigenvalue weighted by Crippen LogP contribution is 2.26. The van der Waals surface area contributed by atoms with E-state index in [0.29, 0.717) is 37.5 Å². The smallest absolute Gasteiger partial charge is 0.407 e. The number of nitrogens with one attached hydrogen (secondary N) is 3. The maximum Gasteiger partial charge on any atom is 0.407 e. The molecule has 2 amide bonds. The summed E-state index contributed by atoms with van der Waals surface area (Å²) in [5.74, 6) is 0.581. The van der Waals surface area contributed by atoms with Crippen molar-refractivity contribution in [3.63, 3.8) is 0 Å². The number of alkyl carbamates (subject to hydrolysis) is 1. The van der Waals surface area contributed by atoms with Crippen molar-refractivity contribution in [1.29, 1.82) is 0 Å². The van der Waals surface area contributed by atoms with Crippen LogP contribution in [0.4, 0.5) is 4.79 Å². The van der Waals surface area contributed by atoms with E-state index < -0.39 is 5.60 Å².